The number of rotatable bonds is 4. The van der Waals surface area contributed by atoms with E-state index >= 15 is 0 Å². The third-order valence-corrected chi connectivity index (χ3v) is 4.67. The van der Waals surface area contributed by atoms with Gasteiger partial charge in [0.1, 0.15) is 0 Å². The molecule has 0 radical (unpaired) electrons. The summed E-state index contributed by atoms with van der Waals surface area (Å²) >= 11 is 0. The minimum Gasteiger partial charge on any atom is -0.370 e. The van der Waals surface area contributed by atoms with E-state index in [2.05, 4.69) is 5.32 Å². The van der Waals surface area contributed by atoms with E-state index in [-0.39, 0.29) is 12.8 Å². The van der Waals surface area contributed by atoms with Crippen molar-refractivity contribution in [2.24, 2.45) is 11.7 Å². The Hall–Kier alpha value is -2.21. The number of halogens is 3. The molecule has 0 amide bonds. The molecule has 1 heterocycles. The summed E-state index contributed by atoms with van der Waals surface area (Å²) in [5.41, 5.74) is 9.42. The number of piperidine rings is 1. The van der Waals surface area contributed by atoms with E-state index in [1.54, 1.807) is 0 Å². The lowest BCUT2D eigenvalue weighted by Gasteiger charge is -2.35. The summed E-state index contributed by atoms with van der Waals surface area (Å²) in [5.74, 6) is -1.19. The molecule has 1 aliphatic heterocycles. The Kier molecular flexibility index (Phi) is 5.18. The number of nitrogens with one attached hydrogen (secondary N) is 1. The highest BCUT2D eigenvalue weighted by molar-refractivity contribution is 5.75. The van der Waals surface area contributed by atoms with Crippen LogP contribution in [-0.4, -0.2) is 19.3 Å². The van der Waals surface area contributed by atoms with Gasteiger partial charge in [0.2, 0.25) is 0 Å². The summed E-state index contributed by atoms with van der Waals surface area (Å²) in [7, 11) is 0. The van der Waals surface area contributed by atoms with Crippen molar-refractivity contribution >= 4 is 17.1 Å². The zero-order valence-electron chi connectivity index (χ0n) is 13.9. The molecule has 0 aliphatic carbocycles. The summed E-state index contributed by atoms with van der Waals surface area (Å²) in [4.78, 5) is 2.03. The van der Waals surface area contributed by atoms with E-state index in [9.17, 15) is 13.2 Å². The number of hydrogen-bond donors (Lipinski definition) is 2. The third-order valence-electron chi connectivity index (χ3n) is 4.67. The number of nitrogens with zero attached hydrogens (tertiary/aromatic N) is 1. The molecule has 3 rings (SSSR count). The van der Waals surface area contributed by atoms with E-state index in [0.717, 1.165) is 22.6 Å². The van der Waals surface area contributed by atoms with Gasteiger partial charge in [-0.1, -0.05) is 24.3 Å². The Bertz CT molecular complexity index is 690. The molecule has 1 aliphatic rings. The smallest absolute Gasteiger partial charge is 0.370 e. The Labute approximate surface area is 145 Å². The van der Waals surface area contributed by atoms with E-state index in [1.807, 2.05) is 53.4 Å². The number of anilines is 3. The number of hydrogen-bond acceptors (Lipinski definition) is 3. The average molecular weight is 349 g/mol. The Morgan fingerprint density at radius 3 is 2.24 bits per heavy atom. The predicted molar refractivity (Wildman–Crippen MR) is 95.1 cm³/mol. The van der Waals surface area contributed by atoms with Crippen molar-refractivity contribution in [2.75, 3.05) is 23.3 Å². The fourth-order valence-electron chi connectivity index (χ4n) is 3.18. The molecule has 134 valence electrons. The lowest BCUT2D eigenvalue weighted by Crippen LogP contribution is -2.39. The van der Waals surface area contributed by atoms with Crippen LogP contribution in [0.5, 0.6) is 0 Å². The fraction of sp³-hybridized carbons (Fsp3) is 0.368. The molecule has 0 bridgehead atoms. The number of alkyl halides is 3. The zero-order valence-corrected chi connectivity index (χ0v) is 13.9. The standard InChI is InChI=1S/C19H22F3N3/c20-19(21,22)15-9-11-25(12-10-15)18-4-2-1-3-17(18)24-16-7-5-14(13-23)6-8-16/h1-8,15,24H,9-13,23H2. The highest BCUT2D eigenvalue weighted by Gasteiger charge is 2.41. The van der Waals surface area contributed by atoms with Crippen molar-refractivity contribution in [3.05, 3.63) is 54.1 Å². The van der Waals surface area contributed by atoms with Crippen LogP contribution in [0.25, 0.3) is 0 Å². The SMILES string of the molecule is NCc1ccc(Nc2ccccc2N2CCC(C(F)(F)F)CC2)cc1. The summed E-state index contributed by atoms with van der Waals surface area (Å²) < 4.78 is 38.6. The summed E-state index contributed by atoms with van der Waals surface area (Å²) in [5, 5.41) is 3.36. The molecule has 0 aromatic heterocycles. The second kappa shape index (κ2) is 7.35. The molecule has 0 spiro atoms. The summed E-state index contributed by atoms with van der Waals surface area (Å²) in [6.07, 6.45) is -3.80. The maximum Gasteiger partial charge on any atom is 0.391 e. The molecule has 0 saturated carbocycles. The van der Waals surface area contributed by atoms with Gasteiger partial charge in [-0.15, -0.1) is 0 Å². The molecule has 0 atom stereocenters. The molecule has 1 saturated heterocycles. The Morgan fingerprint density at radius 2 is 1.64 bits per heavy atom. The van der Waals surface area contributed by atoms with Gasteiger partial charge in [0.05, 0.1) is 17.3 Å². The third kappa shape index (κ3) is 4.25. The molecular formula is C19H22F3N3. The van der Waals surface area contributed by atoms with Crippen molar-refractivity contribution in [1.29, 1.82) is 0 Å². The van der Waals surface area contributed by atoms with E-state index in [1.165, 1.54) is 0 Å². The van der Waals surface area contributed by atoms with Crippen LogP contribution in [0.15, 0.2) is 48.5 Å². The maximum absolute atomic E-state index is 12.9. The molecular weight excluding hydrogens is 327 g/mol. The first kappa shape index (κ1) is 17.6. The van der Waals surface area contributed by atoms with Crippen molar-refractivity contribution in [1.82, 2.24) is 0 Å². The van der Waals surface area contributed by atoms with Crippen LogP contribution in [0, 0.1) is 5.92 Å². The normalized spacial score (nSPS) is 16.1. The van der Waals surface area contributed by atoms with Gasteiger partial charge in [0.25, 0.3) is 0 Å². The van der Waals surface area contributed by atoms with Crippen LogP contribution in [0.1, 0.15) is 18.4 Å². The van der Waals surface area contributed by atoms with Gasteiger partial charge in [-0.05, 0) is 42.7 Å². The first-order valence-electron chi connectivity index (χ1n) is 8.44. The first-order chi connectivity index (χ1) is 12.0. The fourth-order valence-corrected chi connectivity index (χ4v) is 3.18. The summed E-state index contributed by atoms with van der Waals surface area (Å²) in [6.45, 7) is 1.31. The average Bonchev–Trinajstić information content (AvgIpc) is 2.62. The van der Waals surface area contributed by atoms with Gasteiger partial charge in [-0.2, -0.15) is 13.2 Å². The van der Waals surface area contributed by atoms with Gasteiger partial charge in [0.15, 0.2) is 0 Å². The number of benzene rings is 2. The summed E-state index contributed by atoms with van der Waals surface area (Å²) in [6, 6.07) is 15.5. The number of para-hydroxylation sites is 2. The van der Waals surface area contributed by atoms with Gasteiger partial charge >= 0.3 is 6.18 Å². The van der Waals surface area contributed by atoms with Gasteiger partial charge in [-0.25, -0.2) is 0 Å². The largest absolute Gasteiger partial charge is 0.391 e. The highest BCUT2D eigenvalue weighted by atomic mass is 19.4. The second-order valence-corrected chi connectivity index (χ2v) is 6.35. The highest BCUT2D eigenvalue weighted by Crippen LogP contribution is 2.37. The quantitative estimate of drug-likeness (QED) is 0.843. The van der Waals surface area contributed by atoms with Crippen molar-refractivity contribution in [3.63, 3.8) is 0 Å². The van der Waals surface area contributed by atoms with Crippen molar-refractivity contribution in [3.8, 4) is 0 Å². The maximum atomic E-state index is 12.9. The second-order valence-electron chi connectivity index (χ2n) is 6.35. The molecule has 2 aromatic carbocycles. The van der Waals surface area contributed by atoms with Gasteiger partial charge in [-0.3, -0.25) is 0 Å². The van der Waals surface area contributed by atoms with E-state index < -0.39 is 12.1 Å². The van der Waals surface area contributed by atoms with Crippen molar-refractivity contribution in [2.45, 2.75) is 25.6 Å². The monoisotopic (exact) mass is 349 g/mol. The zero-order chi connectivity index (χ0) is 17.9. The lowest BCUT2D eigenvalue weighted by atomic mass is 9.96. The predicted octanol–water partition coefficient (Wildman–Crippen LogP) is 4.67. The Morgan fingerprint density at radius 1 is 1.00 bits per heavy atom. The molecule has 0 unspecified atom stereocenters. The van der Waals surface area contributed by atoms with Crippen LogP contribution in [0.2, 0.25) is 0 Å². The molecule has 3 nitrogen and oxygen atoms in total. The number of nitrogens with two attached hydrogens (primary N) is 1. The lowest BCUT2D eigenvalue weighted by molar-refractivity contribution is -0.179. The van der Waals surface area contributed by atoms with E-state index in [4.69, 9.17) is 5.73 Å². The van der Waals surface area contributed by atoms with Gasteiger partial charge in [0, 0.05) is 25.3 Å². The van der Waals surface area contributed by atoms with Crippen LogP contribution < -0.4 is 16.0 Å². The molecule has 6 heteroatoms. The van der Waals surface area contributed by atoms with Gasteiger partial charge < -0.3 is 16.0 Å². The van der Waals surface area contributed by atoms with Crippen molar-refractivity contribution < 1.29 is 13.2 Å². The molecule has 2 aromatic rings. The van der Waals surface area contributed by atoms with Crippen LogP contribution in [0.3, 0.4) is 0 Å². The molecule has 1 fully saturated rings. The molecule has 25 heavy (non-hydrogen) atoms. The Balaban J connectivity index is 1.73. The topological polar surface area (TPSA) is 41.3 Å². The van der Waals surface area contributed by atoms with E-state index in [0.29, 0.717) is 19.6 Å². The minimum atomic E-state index is -4.09. The van der Waals surface area contributed by atoms with Crippen LogP contribution in [0.4, 0.5) is 30.2 Å². The minimum absolute atomic E-state index is 0.142. The first-order valence-corrected chi connectivity index (χ1v) is 8.44. The van der Waals surface area contributed by atoms with Crippen LogP contribution in [-0.2, 0) is 6.54 Å². The van der Waals surface area contributed by atoms with Crippen LogP contribution >= 0.6 is 0 Å². The molecule has 3 N–H and O–H groups in total.